The van der Waals surface area contributed by atoms with Crippen LogP contribution in [0.5, 0.6) is 0 Å². The molecule has 0 saturated carbocycles. The monoisotopic (exact) mass is 545 g/mol. The van der Waals surface area contributed by atoms with Crippen LogP contribution >= 0.6 is 34.8 Å². The fourth-order valence-corrected chi connectivity index (χ4v) is 3.96. The Bertz CT molecular complexity index is 1020. The Labute approximate surface area is 191 Å². The van der Waals surface area contributed by atoms with Gasteiger partial charge in [0.15, 0.2) is 5.11 Å². The van der Waals surface area contributed by atoms with E-state index in [0.29, 0.717) is 27.6 Å². The number of rotatable bonds is 3. The van der Waals surface area contributed by atoms with Gasteiger partial charge < -0.3 is 15.1 Å². The Kier molecular flexibility index (Phi) is 6.42. The van der Waals surface area contributed by atoms with Crippen LogP contribution in [0.4, 0.5) is 18.9 Å². The first-order valence-corrected chi connectivity index (χ1v) is 10.4. The molecule has 158 valence electrons. The molecule has 0 aromatic heterocycles. The molecule has 4 nitrogen and oxygen atoms in total. The summed E-state index contributed by atoms with van der Waals surface area (Å²) < 4.78 is 40.9. The van der Waals surface area contributed by atoms with Crippen LogP contribution in [0.25, 0.3) is 0 Å². The predicted octanol–water partition coefficient (Wildman–Crippen LogP) is 5.43. The summed E-state index contributed by atoms with van der Waals surface area (Å²) in [5.41, 5.74) is 1.10. The lowest BCUT2D eigenvalue weighted by Gasteiger charge is -2.42. The smallest absolute Gasteiger partial charge is 0.340 e. The molecule has 30 heavy (non-hydrogen) atoms. The molecule has 0 aliphatic carbocycles. The minimum Gasteiger partial charge on any atom is -0.340 e. The molecule has 1 heterocycles. The summed E-state index contributed by atoms with van der Waals surface area (Å²) in [6, 6.07) is 11.5. The van der Waals surface area contributed by atoms with Gasteiger partial charge in [-0.1, -0.05) is 12.1 Å². The maximum Gasteiger partial charge on any atom is 0.416 e. The lowest BCUT2D eigenvalue weighted by atomic mass is 9.92. The molecule has 0 spiro atoms. The van der Waals surface area contributed by atoms with Gasteiger partial charge in [-0.15, -0.1) is 0 Å². The normalized spacial score (nSPS) is 17.4. The Morgan fingerprint density at radius 2 is 1.77 bits per heavy atom. The Balaban J connectivity index is 2.08. The molecular weight excluding hydrogens is 526 g/mol. The largest absolute Gasteiger partial charge is 0.416 e. The molecule has 2 aromatic carbocycles. The average Bonchev–Trinajstić information content (AvgIpc) is 2.70. The van der Waals surface area contributed by atoms with Crippen LogP contribution in [0.15, 0.2) is 59.8 Å². The number of anilines is 1. The number of carbonyl (C=O) groups is 1. The average molecular weight is 545 g/mol. The highest BCUT2D eigenvalue weighted by molar-refractivity contribution is 14.1. The first kappa shape index (κ1) is 22.5. The molecule has 0 saturated heterocycles. The van der Waals surface area contributed by atoms with E-state index in [0.717, 1.165) is 15.7 Å². The van der Waals surface area contributed by atoms with E-state index in [1.807, 2.05) is 12.1 Å². The van der Waals surface area contributed by atoms with Crippen molar-refractivity contribution in [2.45, 2.75) is 19.1 Å². The summed E-state index contributed by atoms with van der Waals surface area (Å²) in [6.07, 6.45) is -4.48. The van der Waals surface area contributed by atoms with Crippen LogP contribution in [0.3, 0.4) is 0 Å². The SMILES string of the molecule is CC1=C(C(=O)Nc2ccc(I)cc2)C(c2cccc(C(F)(F)F)c2)N(C)C(=S)N1C. The topological polar surface area (TPSA) is 35.6 Å². The number of benzene rings is 2. The number of carbonyl (C=O) groups excluding carboxylic acids is 1. The predicted molar refractivity (Wildman–Crippen MR) is 123 cm³/mol. The van der Waals surface area contributed by atoms with Gasteiger partial charge in [0.1, 0.15) is 0 Å². The Morgan fingerprint density at radius 3 is 2.37 bits per heavy atom. The molecule has 1 amide bonds. The highest BCUT2D eigenvalue weighted by atomic mass is 127. The van der Waals surface area contributed by atoms with Gasteiger partial charge in [0, 0.05) is 29.0 Å². The van der Waals surface area contributed by atoms with Gasteiger partial charge in [-0.3, -0.25) is 4.79 Å². The maximum absolute atomic E-state index is 13.3. The molecule has 2 aromatic rings. The lowest BCUT2D eigenvalue weighted by Crippen LogP contribution is -2.47. The van der Waals surface area contributed by atoms with Gasteiger partial charge in [0.05, 0.1) is 17.2 Å². The number of nitrogens with one attached hydrogen (secondary N) is 1. The molecule has 9 heteroatoms. The number of amides is 1. The van der Waals surface area contributed by atoms with Crippen LogP contribution < -0.4 is 5.32 Å². The van der Waals surface area contributed by atoms with Crippen molar-refractivity contribution in [1.29, 1.82) is 0 Å². The molecule has 1 unspecified atom stereocenters. The van der Waals surface area contributed by atoms with Gasteiger partial charge in [0.25, 0.3) is 5.91 Å². The van der Waals surface area contributed by atoms with Crippen LogP contribution in [0.1, 0.15) is 24.1 Å². The maximum atomic E-state index is 13.3. The van der Waals surface area contributed by atoms with Crippen LogP contribution in [0, 0.1) is 3.57 Å². The zero-order chi connectivity index (χ0) is 22.2. The summed E-state index contributed by atoms with van der Waals surface area (Å²) in [4.78, 5) is 16.6. The van der Waals surface area contributed by atoms with Gasteiger partial charge in [-0.25, -0.2) is 0 Å². The molecule has 1 N–H and O–H groups in total. The number of alkyl halides is 3. The summed E-state index contributed by atoms with van der Waals surface area (Å²) in [7, 11) is 3.41. The second-order valence-corrected chi connectivity index (χ2v) is 8.55. The first-order valence-electron chi connectivity index (χ1n) is 8.96. The van der Waals surface area contributed by atoms with Gasteiger partial charge >= 0.3 is 6.18 Å². The third-order valence-electron chi connectivity index (χ3n) is 5.02. The molecule has 1 aliphatic rings. The molecule has 1 atom stereocenters. The van der Waals surface area contributed by atoms with Gasteiger partial charge in [0.2, 0.25) is 0 Å². The van der Waals surface area contributed by atoms with E-state index in [4.69, 9.17) is 12.2 Å². The third-order valence-corrected chi connectivity index (χ3v) is 6.30. The number of hydrogen-bond donors (Lipinski definition) is 1. The second kappa shape index (κ2) is 8.54. The van der Waals surface area contributed by atoms with Crippen molar-refractivity contribution in [3.63, 3.8) is 0 Å². The minimum absolute atomic E-state index is 0.339. The first-order chi connectivity index (χ1) is 14.0. The molecule has 1 aliphatic heterocycles. The van der Waals surface area contributed by atoms with Crippen molar-refractivity contribution in [3.05, 3.63) is 74.5 Å². The van der Waals surface area contributed by atoms with E-state index in [1.54, 1.807) is 49.0 Å². The molecular formula is C21H19F3IN3OS. The van der Waals surface area contributed by atoms with Crippen LogP contribution in [0.2, 0.25) is 0 Å². The molecule has 0 fully saturated rings. The van der Waals surface area contributed by atoms with Crippen molar-refractivity contribution in [3.8, 4) is 0 Å². The number of allylic oxidation sites excluding steroid dienone is 1. The summed E-state index contributed by atoms with van der Waals surface area (Å²) in [5, 5.41) is 3.27. The summed E-state index contributed by atoms with van der Waals surface area (Å²) in [5.74, 6) is -0.391. The highest BCUT2D eigenvalue weighted by Crippen LogP contribution is 2.38. The highest BCUT2D eigenvalue weighted by Gasteiger charge is 2.38. The van der Waals surface area contributed by atoms with Gasteiger partial charge in [-0.05, 0) is 83.7 Å². The second-order valence-electron chi connectivity index (χ2n) is 6.94. The van der Waals surface area contributed by atoms with Crippen LogP contribution in [-0.2, 0) is 11.0 Å². The summed E-state index contributed by atoms with van der Waals surface area (Å²) >= 11 is 7.62. The molecule has 0 radical (unpaired) electrons. The van der Waals surface area contributed by atoms with E-state index in [2.05, 4.69) is 27.9 Å². The van der Waals surface area contributed by atoms with E-state index in [9.17, 15) is 18.0 Å². The zero-order valence-corrected chi connectivity index (χ0v) is 19.4. The van der Waals surface area contributed by atoms with Crippen LogP contribution in [-0.4, -0.2) is 34.9 Å². The zero-order valence-electron chi connectivity index (χ0n) is 16.4. The summed E-state index contributed by atoms with van der Waals surface area (Å²) in [6.45, 7) is 1.74. The van der Waals surface area contributed by atoms with Crippen molar-refractivity contribution >= 4 is 51.5 Å². The molecule has 0 bridgehead atoms. The minimum atomic E-state index is -4.48. The van der Waals surface area contributed by atoms with E-state index in [-0.39, 0.29) is 0 Å². The number of thiocarbonyl (C=S) groups is 1. The number of halogens is 4. The van der Waals surface area contributed by atoms with Crippen molar-refractivity contribution in [2.24, 2.45) is 0 Å². The third kappa shape index (κ3) is 4.46. The lowest BCUT2D eigenvalue weighted by molar-refractivity contribution is -0.137. The number of nitrogens with zero attached hydrogens (tertiary/aromatic N) is 2. The Hall–Kier alpha value is -2.14. The number of likely N-dealkylation sites (N-methyl/N-ethyl adjacent to an activating group) is 1. The Morgan fingerprint density at radius 1 is 1.13 bits per heavy atom. The van der Waals surface area contributed by atoms with Crippen molar-refractivity contribution < 1.29 is 18.0 Å². The van der Waals surface area contributed by atoms with E-state index >= 15 is 0 Å². The van der Waals surface area contributed by atoms with Crippen molar-refractivity contribution in [1.82, 2.24) is 9.80 Å². The fraction of sp³-hybridized carbons (Fsp3) is 0.238. The van der Waals surface area contributed by atoms with Gasteiger partial charge in [-0.2, -0.15) is 13.2 Å². The fourth-order valence-electron chi connectivity index (χ4n) is 3.36. The molecule has 3 rings (SSSR count). The standard InChI is InChI=1S/C21H19F3IN3OS/c1-12-17(19(29)26-16-9-7-15(25)8-10-16)18(28(3)20(30)27(12)2)13-5-4-6-14(11-13)21(22,23)24/h4-11,18H,1-3H3,(H,26,29). The van der Waals surface area contributed by atoms with E-state index < -0.39 is 23.7 Å². The number of hydrogen-bond acceptors (Lipinski definition) is 2. The van der Waals surface area contributed by atoms with Crippen molar-refractivity contribution in [2.75, 3.05) is 19.4 Å². The van der Waals surface area contributed by atoms with E-state index in [1.165, 1.54) is 6.07 Å². The quantitative estimate of drug-likeness (QED) is 0.413.